The molecule has 0 radical (unpaired) electrons. The quantitative estimate of drug-likeness (QED) is 0.534. The second-order valence-electron chi connectivity index (χ2n) is 6.43. The molecule has 2 aromatic heterocycles. The van der Waals surface area contributed by atoms with Gasteiger partial charge in [-0.1, -0.05) is 23.9 Å². The van der Waals surface area contributed by atoms with Crippen molar-refractivity contribution < 1.29 is 9.21 Å². The Morgan fingerprint density at radius 3 is 2.88 bits per heavy atom. The van der Waals surface area contributed by atoms with Gasteiger partial charge >= 0.3 is 0 Å². The number of fused-ring (bicyclic) bond motifs is 1. The summed E-state index contributed by atoms with van der Waals surface area (Å²) in [5.74, 6) is 0.644. The molecule has 26 heavy (non-hydrogen) atoms. The third-order valence-electron chi connectivity index (χ3n) is 4.30. The van der Waals surface area contributed by atoms with Gasteiger partial charge in [-0.2, -0.15) is 0 Å². The maximum absolute atomic E-state index is 13.0. The average Bonchev–Trinajstić information content (AvgIpc) is 3.30. The smallest absolute Gasteiger partial charge is 0.262 e. The normalized spacial score (nSPS) is 15.1. The van der Waals surface area contributed by atoms with E-state index in [1.165, 1.54) is 11.8 Å². The van der Waals surface area contributed by atoms with E-state index >= 15 is 0 Å². The number of benzene rings is 1. The molecule has 1 fully saturated rings. The summed E-state index contributed by atoms with van der Waals surface area (Å²) in [6.45, 7) is 2.12. The molecular weight excluding hydrogens is 350 g/mol. The fourth-order valence-electron chi connectivity index (χ4n) is 2.69. The van der Waals surface area contributed by atoms with Gasteiger partial charge in [-0.25, -0.2) is 4.98 Å². The van der Waals surface area contributed by atoms with Crippen LogP contribution in [0.4, 0.5) is 0 Å². The van der Waals surface area contributed by atoms with Crippen molar-refractivity contribution in [3.63, 3.8) is 0 Å². The van der Waals surface area contributed by atoms with E-state index in [-0.39, 0.29) is 23.3 Å². The molecule has 1 amide bonds. The standard InChI is InChI=1S/C19H19N3O3S/c1-12(17(23)20-13-8-9-13)26-19-21-16-7-3-2-6-15(16)18(24)22(19)11-14-5-4-10-25-14/h2-7,10,12-13H,8-9,11H2,1H3,(H,20,23). The highest BCUT2D eigenvalue weighted by Gasteiger charge is 2.27. The summed E-state index contributed by atoms with van der Waals surface area (Å²) in [7, 11) is 0. The molecule has 0 bridgehead atoms. The van der Waals surface area contributed by atoms with Gasteiger partial charge in [-0.15, -0.1) is 0 Å². The maximum Gasteiger partial charge on any atom is 0.262 e. The van der Waals surface area contributed by atoms with E-state index in [9.17, 15) is 9.59 Å². The van der Waals surface area contributed by atoms with Crippen molar-refractivity contribution in [2.45, 2.75) is 42.8 Å². The summed E-state index contributed by atoms with van der Waals surface area (Å²) in [5, 5.41) is 3.73. The van der Waals surface area contributed by atoms with Gasteiger partial charge in [0.15, 0.2) is 5.16 Å². The number of amides is 1. The largest absolute Gasteiger partial charge is 0.467 e. The number of hydrogen-bond acceptors (Lipinski definition) is 5. The van der Waals surface area contributed by atoms with Gasteiger partial charge in [0.05, 0.1) is 29.0 Å². The van der Waals surface area contributed by atoms with E-state index < -0.39 is 0 Å². The number of nitrogens with one attached hydrogen (secondary N) is 1. The van der Waals surface area contributed by atoms with Crippen molar-refractivity contribution in [3.8, 4) is 0 Å². The van der Waals surface area contributed by atoms with Crippen LogP contribution in [-0.2, 0) is 11.3 Å². The highest BCUT2D eigenvalue weighted by molar-refractivity contribution is 8.00. The summed E-state index contributed by atoms with van der Waals surface area (Å²) in [6.07, 6.45) is 3.66. The Bertz CT molecular complexity index is 993. The number of thioether (sulfide) groups is 1. The Hall–Kier alpha value is -2.54. The lowest BCUT2D eigenvalue weighted by Crippen LogP contribution is -2.33. The Kier molecular flexibility index (Phi) is 4.55. The van der Waals surface area contributed by atoms with Crippen LogP contribution in [0.5, 0.6) is 0 Å². The number of furan rings is 1. The highest BCUT2D eigenvalue weighted by Crippen LogP contribution is 2.25. The minimum absolute atomic E-state index is 0.0237. The van der Waals surface area contributed by atoms with Crippen LogP contribution in [0.15, 0.2) is 57.0 Å². The predicted molar refractivity (Wildman–Crippen MR) is 100 cm³/mol. The van der Waals surface area contributed by atoms with Crippen molar-refractivity contribution in [2.75, 3.05) is 0 Å². The lowest BCUT2D eigenvalue weighted by molar-refractivity contribution is -0.120. The first-order chi connectivity index (χ1) is 12.6. The SMILES string of the molecule is CC(Sc1nc2ccccc2c(=O)n1Cc1ccco1)C(=O)NC1CC1. The van der Waals surface area contributed by atoms with Crippen molar-refractivity contribution in [3.05, 3.63) is 58.8 Å². The maximum atomic E-state index is 13.0. The number of nitrogens with zero attached hydrogens (tertiary/aromatic N) is 2. The highest BCUT2D eigenvalue weighted by atomic mass is 32.2. The number of hydrogen-bond donors (Lipinski definition) is 1. The van der Waals surface area contributed by atoms with Crippen molar-refractivity contribution in [1.82, 2.24) is 14.9 Å². The molecule has 1 unspecified atom stereocenters. The number of carbonyl (C=O) groups is 1. The number of aromatic nitrogens is 2. The van der Waals surface area contributed by atoms with Crippen molar-refractivity contribution in [2.24, 2.45) is 0 Å². The van der Waals surface area contributed by atoms with Crippen LogP contribution >= 0.6 is 11.8 Å². The molecule has 134 valence electrons. The van der Waals surface area contributed by atoms with Gasteiger partial charge in [0.2, 0.25) is 5.91 Å². The Balaban J connectivity index is 1.70. The Morgan fingerprint density at radius 2 is 2.15 bits per heavy atom. The molecule has 2 heterocycles. The summed E-state index contributed by atoms with van der Waals surface area (Å²) in [6, 6.07) is 11.2. The van der Waals surface area contributed by atoms with Crippen LogP contribution in [0.3, 0.4) is 0 Å². The molecule has 0 spiro atoms. The molecule has 0 saturated heterocycles. The molecule has 1 aliphatic carbocycles. The monoisotopic (exact) mass is 369 g/mol. The fourth-order valence-corrected chi connectivity index (χ4v) is 3.61. The molecule has 4 rings (SSSR count). The molecule has 1 aromatic carbocycles. The summed E-state index contributed by atoms with van der Waals surface area (Å²) in [4.78, 5) is 29.9. The minimum Gasteiger partial charge on any atom is -0.467 e. The van der Waals surface area contributed by atoms with E-state index in [4.69, 9.17) is 4.42 Å². The van der Waals surface area contributed by atoms with Gasteiger partial charge in [0, 0.05) is 6.04 Å². The molecule has 1 saturated carbocycles. The van der Waals surface area contributed by atoms with Crippen LogP contribution in [0.2, 0.25) is 0 Å². The lowest BCUT2D eigenvalue weighted by Gasteiger charge is -2.15. The molecular formula is C19H19N3O3S. The molecule has 3 aromatic rings. The van der Waals surface area contributed by atoms with Crippen LogP contribution in [0.1, 0.15) is 25.5 Å². The van der Waals surface area contributed by atoms with Crippen LogP contribution in [-0.4, -0.2) is 26.8 Å². The topological polar surface area (TPSA) is 77.1 Å². The third kappa shape index (κ3) is 3.53. The summed E-state index contributed by atoms with van der Waals surface area (Å²) in [5.41, 5.74) is 0.495. The predicted octanol–water partition coefficient (Wildman–Crippen LogP) is 2.80. The van der Waals surface area contributed by atoms with Crippen LogP contribution in [0.25, 0.3) is 10.9 Å². The molecule has 1 atom stereocenters. The van der Waals surface area contributed by atoms with E-state index in [2.05, 4.69) is 10.3 Å². The van der Waals surface area contributed by atoms with E-state index in [1.54, 1.807) is 23.0 Å². The Labute approximate surface area is 154 Å². The van der Waals surface area contributed by atoms with Crippen LogP contribution in [0, 0.1) is 0 Å². The second kappa shape index (κ2) is 6.99. The van der Waals surface area contributed by atoms with E-state index in [0.717, 1.165) is 12.8 Å². The second-order valence-corrected chi connectivity index (χ2v) is 7.73. The summed E-state index contributed by atoms with van der Waals surface area (Å²) < 4.78 is 6.97. The first-order valence-electron chi connectivity index (χ1n) is 8.61. The van der Waals surface area contributed by atoms with Gasteiger partial charge < -0.3 is 9.73 Å². The van der Waals surface area contributed by atoms with Crippen molar-refractivity contribution in [1.29, 1.82) is 0 Å². The summed E-state index contributed by atoms with van der Waals surface area (Å²) >= 11 is 1.30. The van der Waals surface area contributed by atoms with Gasteiger partial charge in [-0.05, 0) is 44.0 Å². The number of carbonyl (C=O) groups excluding carboxylic acids is 1. The number of para-hydroxylation sites is 1. The van der Waals surface area contributed by atoms with Crippen molar-refractivity contribution >= 4 is 28.6 Å². The molecule has 1 N–H and O–H groups in total. The van der Waals surface area contributed by atoms with E-state index in [1.807, 2.05) is 31.2 Å². The van der Waals surface area contributed by atoms with Crippen LogP contribution < -0.4 is 10.9 Å². The third-order valence-corrected chi connectivity index (χ3v) is 5.39. The Morgan fingerprint density at radius 1 is 1.35 bits per heavy atom. The fraction of sp³-hybridized carbons (Fsp3) is 0.316. The van der Waals surface area contributed by atoms with Gasteiger partial charge in [0.25, 0.3) is 5.56 Å². The molecule has 6 nitrogen and oxygen atoms in total. The molecule has 1 aliphatic rings. The van der Waals surface area contributed by atoms with E-state index in [0.29, 0.717) is 27.9 Å². The zero-order chi connectivity index (χ0) is 18.1. The zero-order valence-corrected chi connectivity index (χ0v) is 15.2. The number of rotatable bonds is 6. The molecule has 7 heteroatoms. The molecule has 0 aliphatic heterocycles. The van der Waals surface area contributed by atoms with Gasteiger partial charge in [0.1, 0.15) is 5.76 Å². The average molecular weight is 369 g/mol. The lowest BCUT2D eigenvalue weighted by atomic mass is 10.2. The first kappa shape index (κ1) is 16.9. The minimum atomic E-state index is -0.341. The first-order valence-corrected chi connectivity index (χ1v) is 9.49. The van der Waals surface area contributed by atoms with Gasteiger partial charge in [-0.3, -0.25) is 14.2 Å². The zero-order valence-electron chi connectivity index (χ0n) is 14.3.